The van der Waals surface area contributed by atoms with Crippen molar-refractivity contribution in [3.05, 3.63) is 16.1 Å². The predicted molar refractivity (Wildman–Crippen MR) is 318 cm³/mol. The van der Waals surface area contributed by atoms with E-state index in [0.29, 0.717) is 83.8 Å². The number of ether oxygens (including phenoxy) is 5. The maximum atomic E-state index is 11.3. The molecule has 6 N–H and O–H groups in total. The first-order valence-electron chi connectivity index (χ1n) is 21.5. The van der Waals surface area contributed by atoms with Crippen LogP contribution in [0, 0.1) is 23.7 Å². The summed E-state index contributed by atoms with van der Waals surface area (Å²) in [5, 5.41) is -1.29. The minimum Gasteiger partial charge on any atom is -0.468 e. The van der Waals surface area contributed by atoms with Crippen molar-refractivity contribution in [3.8, 4) is 0 Å². The van der Waals surface area contributed by atoms with Crippen molar-refractivity contribution in [2.24, 2.45) is 40.9 Å². The molecule has 72 heavy (non-hydrogen) atoms. The fraction of sp³-hybridized carbons (Fsp3) is 0.690. The quantitative estimate of drug-likeness (QED) is 0.0197. The Morgan fingerprint density at radius 1 is 0.708 bits per heavy atom. The first-order valence-corrected chi connectivity index (χ1v) is 33.1. The zero-order valence-electron chi connectivity index (χ0n) is 43.1. The molecule has 0 aliphatic carbocycles. The third-order valence-electron chi connectivity index (χ3n) is 5.48. The van der Waals surface area contributed by atoms with Crippen LogP contribution in [0.4, 0.5) is 0 Å². The highest BCUT2D eigenvalue weighted by Gasteiger charge is 2.15. The average Bonchev–Trinajstić information content (AvgIpc) is 3.75. The Labute approximate surface area is 479 Å². The van der Waals surface area contributed by atoms with Crippen LogP contribution in [0.5, 0.6) is 0 Å². The highest BCUT2D eigenvalue weighted by Crippen LogP contribution is 2.17. The van der Waals surface area contributed by atoms with Gasteiger partial charge in [0.2, 0.25) is 5.91 Å². The Bertz CT molecular complexity index is 1700. The number of nitrogens with zero attached hydrogens (tertiary/aromatic N) is 1. The van der Waals surface area contributed by atoms with Crippen LogP contribution in [0.3, 0.4) is 0 Å². The van der Waals surface area contributed by atoms with Crippen LogP contribution in [-0.2, 0) is 114 Å². The van der Waals surface area contributed by atoms with Gasteiger partial charge in [0.25, 0.3) is 6.47 Å². The number of carbonyl (C=O) groups excluding carboxylic acids is 8. The van der Waals surface area contributed by atoms with E-state index in [9.17, 15) is 38.4 Å². The number of aromatic nitrogens is 1. The second-order valence-electron chi connectivity index (χ2n) is 14.1. The molecule has 1 aromatic rings. The first kappa shape index (κ1) is 86.8. The summed E-state index contributed by atoms with van der Waals surface area (Å²) >= 11 is 35.3. The summed E-state index contributed by atoms with van der Waals surface area (Å²) in [6, 6.07) is 0. The number of halogens is 3. The molecule has 0 aliphatic heterocycles. The number of hydrogen-bond donors (Lipinski definition) is 3. The third-order valence-corrected chi connectivity index (χ3v) is 17.6. The number of thiazole rings is 1. The van der Waals surface area contributed by atoms with Crippen molar-refractivity contribution in [2.75, 3.05) is 38.9 Å². The number of alkyl halides is 3. The fourth-order valence-corrected chi connectivity index (χ4v) is 14.6. The van der Waals surface area contributed by atoms with E-state index < -0.39 is 22.7 Å². The molecule has 1 amide bonds. The molecule has 1 aromatic heterocycles. The van der Waals surface area contributed by atoms with Crippen molar-refractivity contribution in [3.63, 3.8) is 0 Å². The summed E-state index contributed by atoms with van der Waals surface area (Å²) in [6.07, 6.45) is 5.42. The minimum absolute atomic E-state index is 0.0478. The Morgan fingerprint density at radius 2 is 1.12 bits per heavy atom. The predicted octanol–water partition coefficient (Wildman–Crippen LogP) is 9.06. The Hall–Kier alpha value is -1.86. The molecule has 2 unspecified atom stereocenters. The van der Waals surface area contributed by atoms with Gasteiger partial charge in [-0.3, -0.25) is 14.4 Å². The third kappa shape index (κ3) is 87.8. The Morgan fingerprint density at radius 3 is 1.33 bits per heavy atom. The van der Waals surface area contributed by atoms with Gasteiger partial charge in [-0.25, -0.2) is 19.4 Å². The van der Waals surface area contributed by atoms with Crippen molar-refractivity contribution in [1.29, 1.82) is 0 Å². The molecular formula is C42H75Cl3N4O13P2S8. The molecule has 0 bridgehead atoms. The molecular weight excluding hydrogens is 1190 g/mol. The van der Waals surface area contributed by atoms with E-state index in [0.717, 1.165) is 31.3 Å². The van der Waals surface area contributed by atoms with Crippen LogP contribution >= 0.6 is 84.7 Å². The molecule has 0 saturated heterocycles. The van der Waals surface area contributed by atoms with E-state index >= 15 is 0 Å². The highest BCUT2D eigenvalue weighted by molar-refractivity contribution is 8.63. The van der Waals surface area contributed by atoms with Crippen molar-refractivity contribution >= 4 is 194 Å². The number of amides is 1. The standard InChI is InChI=1S/C10H15NO2S.2C5H7ClO3.C5H11NO.2C5H11NS.C4H7ClO2.C3H6O2.P2S5/c1-4-13-10(12)8-6-11-9(14-8)5-7(2)3;2*1-2-9-5(8)4(6)3-7;3*1-4(2)3-5(6)7;1-2-7-4(6)3-5;1-2-5-3-4;3-1-2-5-7-6-4/h6-7H,4-5H2,1-3H3;2*3-4H,2H2,1H3;3*4H,3H2,1-2H3,(H2,6,7);2-3H2,1H3;3H,2H2,1H3;. The van der Waals surface area contributed by atoms with Crippen molar-refractivity contribution in [1.82, 2.24) is 4.98 Å². The lowest BCUT2D eigenvalue weighted by molar-refractivity contribution is -0.144. The maximum absolute atomic E-state index is 11.3. The van der Waals surface area contributed by atoms with Gasteiger partial charge in [0, 0.05) is 26.9 Å². The van der Waals surface area contributed by atoms with Crippen molar-refractivity contribution < 1.29 is 62.0 Å². The minimum atomic E-state index is -1.15. The van der Waals surface area contributed by atoms with E-state index in [1.54, 1.807) is 59.2 Å². The van der Waals surface area contributed by atoms with Crippen LogP contribution < -0.4 is 17.2 Å². The van der Waals surface area contributed by atoms with Gasteiger partial charge in [-0.05, 0) is 121 Å². The zero-order valence-corrected chi connectivity index (χ0v) is 53.7. The first-order chi connectivity index (χ1) is 33.6. The average molecular weight is 1270 g/mol. The molecule has 1 heterocycles. The van der Waals surface area contributed by atoms with Gasteiger partial charge in [-0.15, -0.1) is 46.1 Å². The van der Waals surface area contributed by atoms with E-state index in [2.05, 4.69) is 113 Å². The summed E-state index contributed by atoms with van der Waals surface area (Å²) in [6.45, 7) is 27.4. The molecule has 0 fully saturated rings. The number of rotatable bonds is 21. The summed E-state index contributed by atoms with van der Waals surface area (Å²) < 4.78 is 22.2. The van der Waals surface area contributed by atoms with Crippen LogP contribution in [0.1, 0.15) is 124 Å². The molecule has 420 valence electrons. The second kappa shape index (κ2) is 67.2. The fourth-order valence-electron chi connectivity index (χ4n) is 3.12. The van der Waals surface area contributed by atoms with Gasteiger partial charge in [-0.1, -0.05) is 79.8 Å². The Balaban J connectivity index is -0.000000108. The summed E-state index contributed by atoms with van der Waals surface area (Å²) in [5.74, 6) is -0.0698. The molecule has 17 nitrogen and oxygen atoms in total. The van der Waals surface area contributed by atoms with Gasteiger partial charge in [0.15, 0.2) is 10.8 Å². The van der Waals surface area contributed by atoms with Crippen LogP contribution in [0.25, 0.3) is 0 Å². The van der Waals surface area contributed by atoms with Crippen LogP contribution in [0.2, 0.25) is 0 Å². The molecule has 0 saturated carbocycles. The maximum Gasteiger partial charge on any atom is 0.349 e. The molecule has 30 heteroatoms. The molecule has 0 radical (unpaired) electrons. The monoisotopic (exact) mass is 1270 g/mol. The zero-order chi connectivity index (χ0) is 58.0. The van der Waals surface area contributed by atoms with Crippen LogP contribution in [0.15, 0.2) is 6.20 Å². The number of carbonyl (C=O) groups is 8. The highest BCUT2D eigenvalue weighted by atomic mass is 35.5. The summed E-state index contributed by atoms with van der Waals surface area (Å²) in [4.78, 5) is 86.9. The Kier molecular flexibility index (Phi) is 81.0. The lowest BCUT2D eigenvalue weighted by atomic mass is 10.1. The molecule has 2 atom stereocenters. The molecule has 0 aromatic carbocycles. The van der Waals surface area contributed by atoms with E-state index in [1.807, 2.05) is 13.8 Å². The van der Waals surface area contributed by atoms with Gasteiger partial charge in [-0.2, -0.15) is 0 Å². The lowest BCUT2D eigenvalue weighted by Gasteiger charge is -1.99. The number of hydrogen-bond acceptors (Lipinski definition) is 19. The van der Waals surface area contributed by atoms with E-state index in [-0.39, 0.29) is 36.9 Å². The van der Waals surface area contributed by atoms with Gasteiger partial charge in [0.05, 0.1) is 54.2 Å². The van der Waals surface area contributed by atoms with Crippen LogP contribution in [-0.4, -0.2) is 113 Å². The number of primary amides is 1. The van der Waals surface area contributed by atoms with E-state index in [4.69, 9.17) is 56.7 Å². The largest absolute Gasteiger partial charge is 0.468 e. The lowest BCUT2D eigenvalue weighted by Crippen LogP contribution is -2.18. The summed E-state index contributed by atoms with van der Waals surface area (Å²) in [5.41, 5.74) is 15.3. The number of nitrogens with two attached hydrogens (primary N) is 3. The molecule has 0 spiro atoms. The van der Waals surface area contributed by atoms with Gasteiger partial charge < -0.3 is 50.5 Å². The van der Waals surface area contributed by atoms with E-state index in [1.165, 1.54) is 27.3 Å². The van der Waals surface area contributed by atoms with Gasteiger partial charge in [0.1, 0.15) is 23.3 Å². The summed E-state index contributed by atoms with van der Waals surface area (Å²) in [7, 11) is 6.83. The SMILES string of the molecule is CC(C)CC(N)=O.CC(C)CC(N)=S.CC(C)CC(N)=S.CCOC(=O)C(Cl)C=O.CCOC(=O)C(Cl)C=O.CCOC(=O)CCl.CCOC(=O)c1cnc(CC(C)C)s1.CCOC=O.S=PP=S=S=S=S. The molecule has 1 rings (SSSR count). The normalized spacial score (nSPS) is 10.0. The molecule has 0 aliphatic rings. The second-order valence-corrected chi connectivity index (χ2v) is 27.2. The smallest absolute Gasteiger partial charge is 0.349 e. The number of aldehydes is 2. The van der Waals surface area contributed by atoms with Gasteiger partial charge >= 0.3 is 23.9 Å². The number of esters is 4. The topological polar surface area (TPSA) is 274 Å². The number of thiocarbonyl (C=S) groups is 2. The van der Waals surface area contributed by atoms with Crippen molar-refractivity contribution in [2.45, 2.75) is 126 Å².